The van der Waals surface area contributed by atoms with Crippen LogP contribution >= 0.6 is 0 Å². The van der Waals surface area contributed by atoms with Gasteiger partial charge >= 0.3 is 0 Å². The van der Waals surface area contributed by atoms with E-state index in [1.165, 1.54) is 0 Å². The van der Waals surface area contributed by atoms with E-state index < -0.39 is 6.10 Å². The lowest BCUT2D eigenvalue weighted by Gasteiger charge is -2.14. The number of hydrogen-bond donors (Lipinski definition) is 1. The van der Waals surface area contributed by atoms with Gasteiger partial charge in [-0.25, -0.2) is 0 Å². The summed E-state index contributed by atoms with van der Waals surface area (Å²) in [6.07, 6.45) is 0.254. The van der Waals surface area contributed by atoms with Gasteiger partial charge in [0, 0.05) is 13.1 Å². The SMILES string of the molecule is Cc1noc(C)c1C(=O)N1CC[C@H](O)C1. The third-order valence-electron chi connectivity index (χ3n) is 2.70. The fourth-order valence-corrected chi connectivity index (χ4v) is 1.87. The summed E-state index contributed by atoms with van der Waals surface area (Å²) in [5, 5.41) is 13.1. The first kappa shape index (κ1) is 10.2. The van der Waals surface area contributed by atoms with Gasteiger partial charge in [-0.3, -0.25) is 4.79 Å². The van der Waals surface area contributed by atoms with Crippen LogP contribution in [0, 0.1) is 13.8 Å². The van der Waals surface area contributed by atoms with Gasteiger partial charge in [0.2, 0.25) is 0 Å². The molecule has 1 fully saturated rings. The van der Waals surface area contributed by atoms with Gasteiger partial charge in [-0.1, -0.05) is 5.16 Å². The number of rotatable bonds is 1. The zero-order valence-corrected chi connectivity index (χ0v) is 8.86. The average molecular weight is 210 g/mol. The van der Waals surface area contributed by atoms with E-state index in [2.05, 4.69) is 5.16 Å². The summed E-state index contributed by atoms with van der Waals surface area (Å²) in [7, 11) is 0. The fourth-order valence-electron chi connectivity index (χ4n) is 1.87. The lowest BCUT2D eigenvalue weighted by Crippen LogP contribution is -2.30. The maximum atomic E-state index is 12.0. The molecule has 1 aliphatic rings. The highest BCUT2D eigenvalue weighted by molar-refractivity contribution is 5.96. The summed E-state index contributed by atoms with van der Waals surface area (Å²) in [6, 6.07) is 0. The predicted molar refractivity (Wildman–Crippen MR) is 52.5 cm³/mol. The molecule has 0 unspecified atom stereocenters. The Bertz CT molecular complexity index is 367. The molecular weight excluding hydrogens is 196 g/mol. The summed E-state index contributed by atoms with van der Waals surface area (Å²) < 4.78 is 4.94. The largest absolute Gasteiger partial charge is 0.391 e. The molecule has 82 valence electrons. The molecule has 1 atom stereocenters. The number of carbonyl (C=O) groups is 1. The number of aliphatic hydroxyl groups excluding tert-OH is 1. The molecule has 1 saturated heterocycles. The average Bonchev–Trinajstić information content (AvgIpc) is 2.73. The number of likely N-dealkylation sites (tertiary alicyclic amines) is 1. The minimum Gasteiger partial charge on any atom is -0.391 e. The van der Waals surface area contributed by atoms with E-state index in [0.717, 1.165) is 0 Å². The van der Waals surface area contributed by atoms with Crippen LogP contribution in [-0.4, -0.2) is 40.3 Å². The quantitative estimate of drug-likeness (QED) is 0.733. The Morgan fingerprint density at radius 1 is 1.60 bits per heavy atom. The van der Waals surface area contributed by atoms with Crippen molar-refractivity contribution < 1.29 is 14.4 Å². The zero-order chi connectivity index (χ0) is 11.0. The van der Waals surface area contributed by atoms with Crippen LogP contribution in [0.25, 0.3) is 0 Å². The van der Waals surface area contributed by atoms with E-state index in [4.69, 9.17) is 4.52 Å². The minimum absolute atomic E-state index is 0.0946. The summed E-state index contributed by atoms with van der Waals surface area (Å²) in [5.41, 5.74) is 1.14. The lowest BCUT2D eigenvalue weighted by molar-refractivity contribution is 0.0762. The van der Waals surface area contributed by atoms with Crippen LogP contribution in [0.3, 0.4) is 0 Å². The van der Waals surface area contributed by atoms with Gasteiger partial charge < -0.3 is 14.5 Å². The van der Waals surface area contributed by atoms with Gasteiger partial charge in [-0.05, 0) is 20.3 Å². The summed E-state index contributed by atoms with van der Waals surface area (Å²) in [4.78, 5) is 13.6. The first-order chi connectivity index (χ1) is 7.09. The molecule has 0 aromatic carbocycles. The number of carbonyl (C=O) groups excluding carboxylic acids is 1. The van der Waals surface area contributed by atoms with Crippen molar-refractivity contribution in [2.75, 3.05) is 13.1 Å². The number of nitrogens with zero attached hydrogens (tertiary/aromatic N) is 2. The molecule has 15 heavy (non-hydrogen) atoms. The van der Waals surface area contributed by atoms with E-state index in [-0.39, 0.29) is 5.91 Å². The summed E-state index contributed by atoms with van der Waals surface area (Å²) >= 11 is 0. The standard InChI is InChI=1S/C10H14N2O3/c1-6-9(7(2)15-11-6)10(14)12-4-3-8(13)5-12/h8,13H,3-5H2,1-2H3/t8-/m0/s1. The summed E-state index contributed by atoms with van der Waals surface area (Å²) in [6.45, 7) is 4.48. The number of aliphatic hydroxyl groups is 1. The summed E-state index contributed by atoms with van der Waals surface area (Å²) in [5.74, 6) is 0.446. The van der Waals surface area contributed by atoms with Gasteiger partial charge in [0.15, 0.2) is 0 Å². The van der Waals surface area contributed by atoms with Gasteiger partial charge in [-0.2, -0.15) is 0 Å². The van der Waals surface area contributed by atoms with E-state index in [0.29, 0.717) is 36.5 Å². The van der Waals surface area contributed by atoms with Crippen molar-refractivity contribution in [1.29, 1.82) is 0 Å². The third-order valence-corrected chi connectivity index (χ3v) is 2.70. The highest BCUT2D eigenvalue weighted by atomic mass is 16.5. The van der Waals surface area contributed by atoms with Crippen molar-refractivity contribution >= 4 is 5.91 Å². The van der Waals surface area contributed by atoms with Gasteiger partial charge in [0.1, 0.15) is 11.3 Å². The molecule has 2 heterocycles. The molecule has 2 rings (SSSR count). The van der Waals surface area contributed by atoms with Crippen molar-refractivity contribution in [2.45, 2.75) is 26.4 Å². The molecule has 1 aliphatic heterocycles. The molecule has 0 bridgehead atoms. The van der Waals surface area contributed by atoms with Crippen molar-refractivity contribution in [1.82, 2.24) is 10.1 Å². The van der Waals surface area contributed by atoms with Crippen molar-refractivity contribution in [3.8, 4) is 0 Å². The second-order valence-corrected chi connectivity index (χ2v) is 3.89. The van der Waals surface area contributed by atoms with Crippen LogP contribution in [0.4, 0.5) is 0 Å². The molecule has 5 nitrogen and oxygen atoms in total. The first-order valence-electron chi connectivity index (χ1n) is 5.00. The maximum Gasteiger partial charge on any atom is 0.259 e. The second-order valence-electron chi connectivity index (χ2n) is 3.89. The number of aryl methyl sites for hydroxylation is 2. The number of aromatic nitrogens is 1. The van der Waals surface area contributed by atoms with Crippen molar-refractivity contribution in [3.05, 3.63) is 17.0 Å². The Morgan fingerprint density at radius 3 is 2.80 bits per heavy atom. The van der Waals surface area contributed by atoms with Gasteiger partial charge in [-0.15, -0.1) is 0 Å². The highest BCUT2D eigenvalue weighted by Gasteiger charge is 2.28. The van der Waals surface area contributed by atoms with Crippen LogP contribution in [-0.2, 0) is 0 Å². The minimum atomic E-state index is -0.394. The van der Waals surface area contributed by atoms with Crippen LogP contribution in [0.1, 0.15) is 28.2 Å². The first-order valence-corrected chi connectivity index (χ1v) is 5.00. The van der Waals surface area contributed by atoms with Crippen LogP contribution in [0.5, 0.6) is 0 Å². The Kier molecular flexibility index (Phi) is 2.48. The van der Waals surface area contributed by atoms with Gasteiger partial charge in [0.25, 0.3) is 5.91 Å². The normalized spacial score (nSPS) is 21.0. The van der Waals surface area contributed by atoms with Crippen molar-refractivity contribution in [3.63, 3.8) is 0 Å². The molecular formula is C10H14N2O3. The fraction of sp³-hybridized carbons (Fsp3) is 0.600. The van der Waals surface area contributed by atoms with Crippen LogP contribution < -0.4 is 0 Å². The third kappa shape index (κ3) is 1.74. The zero-order valence-electron chi connectivity index (χ0n) is 8.86. The molecule has 0 aliphatic carbocycles. The monoisotopic (exact) mass is 210 g/mol. The second kappa shape index (κ2) is 3.66. The maximum absolute atomic E-state index is 12.0. The van der Waals surface area contributed by atoms with E-state index in [1.54, 1.807) is 18.7 Å². The molecule has 5 heteroatoms. The number of β-amino-alcohol motifs (C(OH)–C–C–N with tert-alkyl or cyclic N) is 1. The molecule has 1 N–H and O–H groups in total. The smallest absolute Gasteiger partial charge is 0.259 e. The molecule has 1 aromatic rings. The highest BCUT2D eigenvalue weighted by Crippen LogP contribution is 2.18. The number of amides is 1. The van der Waals surface area contributed by atoms with Crippen molar-refractivity contribution in [2.24, 2.45) is 0 Å². The molecule has 0 saturated carbocycles. The Labute approximate surface area is 87.7 Å². The Morgan fingerprint density at radius 2 is 2.33 bits per heavy atom. The number of hydrogen-bond acceptors (Lipinski definition) is 4. The Balaban J connectivity index is 2.21. The molecule has 0 spiro atoms. The van der Waals surface area contributed by atoms with Gasteiger partial charge in [0.05, 0.1) is 11.8 Å². The van der Waals surface area contributed by atoms with Crippen LogP contribution in [0.2, 0.25) is 0 Å². The lowest BCUT2D eigenvalue weighted by atomic mass is 10.2. The Hall–Kier alpha value is -1.36. The van der Waals surface area contributed by atoms with E-state index in [1.807, 2.05) is 0 Å². The predicted octanol–water partition coefficient (Wildman–Crippen LogP) is 0.498. The topological polar surface area (TPSA) is 66.6 Å². The van der Waals surface area contributed by atoms with E-state index >= 15 is 0 Å². The molecule has 1 amide bonds. The molecule has 0 radical (unpaired) electrons. The molecule has 1 aromatic heterocycles. The van der Waals surface area contributed by atoms with E-state index in [9.17, 15) is 9.90 Å². The van der Waals surface area contributed by atoms with Crippen LogP contribution in [0.15, 0.2) is 4.52 Å².